The number of morpholine rings is 1. The van der Waals surface area contributed by atoms with Crippen LogP contribution in [0.3, 0.4) is 0 Å². The summed E-state index contributed by atoms with van der Waals surface area (Å²) in [6.45, 7) is 4.98. The Hall–Kier alpha value is 0.170. The highest BCUT2D eigenvalue weighted by Gasteiger charge is 2.39. The Balaban J connectivity index is 0.000000500. The standard InChI is InChI=1S/C6H12N2O.ClH/c1-2-9-6(3-7-1)4-8-5-6;/h7-8H,1-5H2;1H. The molecule has 2 saturated heterocycles. The van der Waals surface area contributed by atoms with Crippen molar-refractivity contribution in [3.63, 3.8) is 0 Å². The van der Waals surface area contributed by atoms with Gasteiger partial charge < -0.3 is 15.4 Å². The summed E-state index contributed by atoms with van der Waals surface area (Å²) in [6, 6.07) is 0. The van der Waals surface area contributed by atoms with Crippen LogP contribution in [0.4, 0.5) is 0 Å². The molecule has 2 fully saturated rings. The van der Waals surface area contributed by atoms with Crippen molar-refractivity contribution in [3.8, 4) is 0 Å². The first-order valence-electron chi connectivity index (χ1n) is 3.47. The lowest BCUT2D eigenvalue weighted by Gasteiger charge is -2.45. The highest BCUT2D eigenvalue weighted by Crippen LogP contribution is 2.16. The van der Waals surface area contributed by atoms with Crippen LogP contribution in [0.25, 0.3) is 0 Å². The molecule has 2 N–H and O–H groups in total. The minimum Gasteiger partial charge on any atom is -0.370 e. The molecule has 2 aliphatic heterocycles. The maximum Gasteiger partial charge on any atom is 0.105 e. The van der Waals surface area contributed by atoms with Crippen LogP contribution in [0, 0.1) is 0 Å². The van der Waals surface area contributed by atoms with Gasteiger partial charge in [-0.3, -0.25) is 0 Å². The fraction of sp³-hybridized carbons (Fsp3) is 1.00. The normalized spacial score (nSPS) is 28.8. The van der Waals surface area contributed by atoms with Gasteiger partial charge in [0.2, 0.25) is 0 Å². The summed E-state index contributed by atoms with van der Waals surface area (Å²) >= 11 is 0. The fourth-order valence-corrected chi connectivity index (χ4v) is 1.34. The Morgan fingerprint density at radius 1 is 1.10 bits per heavy atom. The smallest absolute Gasteiger partial charge is 0.105 e. The van der Waals surface area contributed by atoms with Gasteiger partial charge in [0.15, 0.2) is 0 Å². The minimum absolute atomic E-state index is 0. The summed E-state index contributed by atoms with van der Waals surface area (Å²) in [5, 5.41) is 6.52. The molecule has 2 heterocycles. The third-order valence-electron chi connectivity index (χ3n) is 2.03. The Kier molecular flexibility index (Phi) is 2.52. The second kappa shape index (κ2) is 3.05. The first-order chi connectivity index (χ1) is 4.41. The van der Waals surface area contributed by atoms with Gasteiger partial charge in [0.05, 0.1) is 6.61 Å². The molecule has 3 nitrogen and oxygen atoms in total. The molecule has 0 radical (unpaired) electrons. The molecular formula is C6H13ClN2O. The van der Waals surface area contributed by atoms with Gasteiger partial charge in [0, 0.05) is 26.2 Å². The molecule has 2 aliphatic rings. The number of nitrogens with one attached hydrogen (secondary N) is 2. The topological polar surface area (TPSA) is 33.3 Å². The van der Waals surface area contributed by atoms with Gasteiger partial charge in [0.25, 0.3) is 0 Å². The largest absolute Gasteiger partial charge is 0.370 e. The van der Waals surface area contributed by atoms with Gasteiger partial charge in [-0.1, -0.05) is 0 Å². The quantitative estimate of drug-likeness (QED) is 0.500. The van der Waals surface area contributed by atoms with Crippen LogP contribution in [0.2, 0.25) is 0 Å². The van der Waals surface area contributed by atoms with Crippen LogP contribution in [-0.4, -0.2) is 38.4 Å². The van der Waals surface area contributed by atoms with Crippen LogP contribution in [0.5, 0.6) is 0 Å². The van der Waals surface area contributed by atoms with E-state index in [4.69, 9.17) is 4.74 Å². The summed E-state index contributed by atoms with van der Waals surface area (Å²) in [5.41, 5.74) is 0.179. The van der Waals surface area contributed by atoms with E-state index in [2.05, 4.69) is 10.6 Å². The minimum atomic E-state index is 0. The van der Waals surface area contributed by atoms with Crippen molar-refractivity contribution < 1.29 is 4.74 Å². The van der Waals surface area contributed by atoms with Crippen molar-refractivity contribution >= 4 is 12.4 Å². The lowest BCUT2D eigenvalue weighted by Crippen LogP contribution is -2.68. The van der Waals surface area contributed by atoms with E-state index in [-0.39, 0.29) is 18.0 Å². The number of halogens is 1. The second-order valence-electron chi connectivity index (χ2n) is 2.81. The molecule has 0 aliphatic carbocycles. The summed E-state index contributed by atoms with van der Waals surface area (Å²) in [4.78, 5) is 0. The average Bonchev–Trinajstić information content (AvgIpc) is 1.87. The molecule has 4 heteroatoms. The Morgan fingerprint density at radius 2 is 1.80 bits per heavy atom. The Bertz CT molecular complexity index is 108. The molecule has 10 heavy (non-hydrogen) atoms. The van der Waals surface area contributed by atoms with Crippen LogP contribution in [0.1, 0.15) is 0 Å². The van der Waals surface area contributed by atoms with Gasteiger partial charge in [-0.25, -0.2) is 0 Å². The van der Waals surface area contributed by atoms with E-state index in [0.717, 1.165) is 32.8 Å². The SMILES string of the molecule is C1COC2(CN1)CNC2.Cl. The Labute approximate surface area is 66.9 Å². The number of hydrogen-bond acceptors (Lipinski definition) is 3. The lowest BCUT2D eigenvalue weighted by atomic mass is 9.96. The molecule has 60 valence electrons. The fourth-order valence-electron chi connectivity index (χ4n) is 1.34. The van der Waals surface area contributed by atoms with Crippen molar-refractivity contribution in [3.05, 3.63) is 0 Å². The molecule has 0 aromatic heterocycles. The third kappa shape index (κ3) is 1.27. The van der Waals surface area contributed by atoms with E-state index >= 15 is 0 Å². The Morgan fingerprint density at radius 3 is 2.10 bits per heavy atom. The molecule has 0 amide bonds. The lowest BCUT2D eigenvalue weighted by molar-refractivity contribution is -0.0971. The van der Waals surface area contributed by atoms with E-state index in [1.165, 1.54) is 0 Å². The predicted molar refractivity (Wildman–Crippen MR) is 41.7 cm³/mol. The van der Waals surface area contributed by atoms with Gasteiger partial charge in [-0.15, -0.1) is 12.4 Å². The molecule has 0 unspecified atom stereocenters. The summed E-state index contributed by atoms with van der Waals surface area (Å²) < 4.78 is 5.58. The van der Waals surface area contributed by atoms with E-state index < -0.39 is 0 Å². The first-order valence-corrected chi connectivity index (χ1v) is 3.47. The highest BCUT2D eigenvalue weighted by atomic mass is 35.5. The van der Waals surface area contributed by atoms with Gasteiger partial charge >= 0.3 is 0 Å². The molecule has 2 rings (SSSR count). The molecule has 0 aromatic rings. The van der Waals surface area contributed by atoms with E-state index in [0.29, 0.717) is 0 Å². The number of rotatable bonds is 0. The van der Waals surface area contributed by atoms with Crippen LogP contribution in [0.15, 0.2) is 0 Å². The van der Waals surface area contributed by atoms with Gasteiger partial charge in [-0.05, 0) is 0 Å². The van der Waals surface area contributed by atoms with Gasteiger partial charge in [-0.2, -0.15) is 0 Å². The van der Waals surface area contributed by atoms with E-state index in [1.54, 1.807) is 0 Å². The van der Waals surface area contributed by atoms with Crippen molar-refractivity contribution in [1.82, 2.24) is 10.6 Å². The number of ether oxygens (including phenoxy) is 1. The zero-order chi connectivity index (χ0) is 6.16. The van der Waals surface area contributed by atoms with Crippen molar-refractivity contribution in [2.75, 3.05) is 32.8 Å². The van der Waals surface area contributed by atoms with E-state index in [9.17, 15) is 0 Å². The highest BCUT2D eigenvalue weighted by molar-refractivity contribution is 5.85. The molecular weight excluding hydrogens is 152 g/mol. The van der Waals surface area contributed by atoms with Crippen molar-refractivity contribution in [2.45, 2.75) is 5.60 Å². The summed E-state index contributed by atoms with van der Waals surface area (Å²) in [5.74, 6) is 0. The molecule has 1 spiro atoms. The van der Waals surface area contributed by atoms with Gasteiger partial charge in [0.1, 0.15) is 5.60 Å². The predicted octanol–water partition coefficient (Wildman–Crippen LogP) is -0.630. The summed E-state index contributed by atoms with van der Waals surface area (Å²) in [7, 11) is 0. The molecule has 0 saturated carbocycles. The third-order valence-corrected chi connectivity index (χ3v) is 2.03. The second-order valence-corrected chi connectivity index (χ2v) is 2.81. The maximum atomic E-state index is 5.58. The average molecular weight is 165 g/mol. The summed E-state index contributed by atoms with van der Waals surface area (Å²) in [6.07, 6.45) is 0. The molecule has 0 bridgehead atoms. The monoisotopic (exact) mass is 164 g/mol. The number of hydrogen-bond donors (Lipinski definition) is 2. The van der Waals surface area contributed by atoms with Crippen molar-refractivity contribution in [2.24, 2.45) is 0 Å². The zero-order valence-corrected chi connectivity index (χ0v) is 6.67. The van der Waals surface area contributed by atoms with Crippen LogP contribution < -0.4 is 10.6 Å². The van der Waals surface area contributed by atoms with E-state index in [1.807, 2.05) is 0 Å². The zero-order valence-electron chi connectivity index (χ0n) is 5.85. The molecule has 0 atom stereocenters. The van der Waals surface area contributed by atoms with Crippen LogP contribution in [-0.2, 0) is 4.74 Å². The molecule has 0 aromatic carbocycles. The maximum absolute atomic E-state index is 5.58. The van der Waals surface area contributed by atoms with Crippen molar-refractivity contribution in [1.29, 1.82) is 0 Å². The van der Waals surface area contributed by atoms with Crippen LogP contribution >= 0.6 is 12.4 Å². The first kappa shape index (κ1) is 8.27.